The molecule has 0 spiro atoms. The zero-order chi connectivity index (χ0) is 15.5. The predicted octanol–water partition coefficient (Wildman–Crippen LogP) is 1.96. The summed E-state index contributed by atoms with van der Waals surface area (Å²) < 4.78 is 19.8. The average Bonchev–Trinajstić information content (AvgIpc) is 2.83. The van der Waals surface area contributed by atoms with Gasteiger partial charge in [0.25, 0.3) is 0 Å². The van der Waals surface area contributed by atoms with Crippen LogP contribution in [-0.4, -0.2) is 33.2 Å². The monoisotopic (exact) mass is 302 g/mol. The highest BCUT2D eigenvalue weighted by Gasteiger charge is 2.11. The number of ether oxygens (including phenoxy) is 1. The molecule has 0 saturated carbocycles. The van der Waals surface area contributed by atoms with Crippen LogP contribution in [0.1, 0.15) is 6.42 Å². The van der Waals surface area contributed by atoms with Crippen molar-refractivity contribution >= 4 is 11.3 Å². The first-order valence-corrected chi connectivity index (χ1v) is 6.89. The molecule has 22 heavy (non-hydrogen) atoms. The number of hydrogen-bond donors (Lipinski definition) is 1. The summed E-state index contributed by atoms with van der Waals surface area (Å²) in [5.41, 5.74) is 1.76. The summed E-state index contributed by atoms with van der Waals surface area (Å²) in [4.78, 5) is 23.3. The highest BCUT2D eigenvalue weighted by Crippen LogP contribution is 2.19. The fourth-order valence-electron chi connectivity index (χ4n) is 2.28. The predicted molar refractivity (Wildman–Crippen MR) is 80.0 cm³/mol. The van der Waals surface area contributed by atoms with Crippen molar-refractivity contribution in [2.75, 3.05) is 13.7 Å². The number of methoxy groups -OCH3 is 1. The van der Waals surface area contributed by atoms with Crippen LogP contribution in [0.15, 0.2) is 35.3 Å². The molecule has 0 fully saturated rings. The van der Waals surface area contributed by atoms with E-state index in [9.17, 15) is 9.18 Å². The maximum atomic E-state index is 13.3. The van der Waals surface area contributed by atoms with Crippen LogP contribution in [-0.2, 0) is 11.3 Å². The van der Waals surface area contributed by atoms with Gasteiger partial charge in [-0.05, 0) is 18.6 Å². The van der Waals surface area contributed by atoms with Gasteiger partial charge in [0.2, 0.25) is 0 Å². The Morgan fingerprint density at radius 1 is 1.41 bits per heavy atom. The highest BCUT2D eigenvalue weighted by atomic mass is 19.1. The van der Waals surface area contributed by atoms with Crippen LogP contribution < -0.4 is 5.69 Å². The molecule has 0 radical (unpaired) electrons. The number of hydrogen-bond acceptors (Lipinski definition) is 4. The zero-order valence-corrected chi connectivity index (χ0v) is 12.0. The number of aryl methyl sites for hydroxylation is 1. The van der Waals surface area contributed by atoms with Gasteiger partial charge in [-0.25, -0.2) is 19.2 Å². The molecule has 0 amide bonds. The van der Waals surface area contributed by atoms with E-state index >= 15 is 0 Å². The van der Waals surface area contributed by atoms with Gasteiger partial charge in [-0.3, -0.25) is 9.55 Å². The summed E-state index contributed by atoms with van der Waals surface area (Å²) in [6.45, 7) is 1.03. The number of benzene rings is 1. The largest absolute Gasteiger partial charge is 0.385 e. The zero-order valence-electron chi connectivity index (χ0n) is 12.0. The Bertz CT molecular complexity index is 856. The van der Waals surface area contributed by atoms with E-state index in [2.05, 4.69) is 15.0 Å². The first-order chi connectivity index (χ1) is 10.7. The molecule has 0 bridgehead atoms. The third-order valence-corrected chi connectivity index (χ3v) is 3.33. The van der Waals surface area contributed by atoms with Crippen LogP contribution in [0.5, 0.6) is 0 Å². The Labute approximate surface area is 125 Å². The van der Waals surface area contributed by atoms with E-state index in [4.69, 9.17) is 4.74 Å². The number of nitrogens with zero attached hydrogens (tertiary/aromatic N) is 3. The van der Waals surface area contributed by atoms with E-state index in [1.54, 1.807) is 19.2 Å². The molecule has 0 aliphatic rings. The summed E-state index contributed by atoms with van der Waals surface area (Å²) in [6, 6.07) is 6.11. The van der Waals surface area contributed by atoms with E-state index in [-0.39, 0.29) is 11.5 Å². The Morgan fingerprint density at radius 3 is 3.05 bits per heavy atom. The Balaban J connectivity index is 2.04. The first kappa shape index (κ1) is 14.4. The lowest BCUT2D eigenvalue weighted by Gasteiger charge is -2.04. The van der Waals surface area contributed by atoms with Gasteiger partial charge in [-0.2, -0.15) is 0 Å². The van der Waals surface area contributed by atoms with Crippen LogP contribution in [0, 0.1) is 5.82 Å². The van der Waals surface area contributed by atoms with Crippen molar-refractivity contribution < 1.29 is 9.13 Å². The topological polar surface area (TPSA) is 72.8 Å². The standard InChI is InChI=1S/C15H15FN4O2/c1-22-7-3-6-20-14-13(19-15(20)21)17-9-12(18-14)10-4-2-5-11(16)8-10/h2,4-5,8-9H,3,6-7H2,1H3,(H,17,19,21). The molecule has 3 rings (SSSR count). The summed E-state index contributed by atoms with van der Waals surface area (Å²) in [6.07, 6.45) is 2.21. The molecule has 0 atom stereocenters. The number of fused-ring (bicyclic) bond motifs is 1. The number of rotatable bonds is 5. The number of imidazole rings is 1. The molecule has 7 heteroatoms. The second-order valence-electron chi connectivity index (χ2n) is 4.87. The van der Waals surface area contributed by atoms with Crippen LogP contribution >= 0.6 is 0 Å². The first-order valence-electron chi connectivity index (χ1n) is 6.89. The van der Waals surface area contributed by atoms with Gasteiger partial charge in [-0.1, -0.05) is 12.1 Å². The SMILES string of the molecule is COCCCn1c(=O)[nH]c2ncc(-c3cccc(F)c3)nc21. The molecule has 0 unspecified atom stereocenters. The molecule has 2 aromatic heterocycles. The fourth-order valence-corrected chi connectivity index (χ4v) is 2.28. The van der Waals surface area contributed by atoms with Crippen LogP contribution in [0.25, 0.3) is 22.6 Å². The van der Waals surface area contributed by atoms with Crippen molar-refractivity contribution in [3.05, 3.63) is 46.8 Å². The van der Waals surface area contributed by atoms with Gasteiger partial charge in [0.1, 0.15) is 5.82 Å². The minimum atomic E-state index is -0.342. The third-order valence-electron chi connectivity index (χ3n) is 3.33. The Hall–Kier alpha value is -2.54. The molecule has 2 heterocycles. The minimum Gasteiger partial charge on any atom is -0.385 e. The average molecular weight is 302 g/mol. The van der Waals surface area contributed by atoms with Gasteiger partial charge >= 0.3 is 5.69 Å². The molecule has 0 aliphatic carbocycles. The second-order valence-corrected chi connectivity index (χ2v) is 4.87. The number of halogens is 1. The Morgan fingerprint density at radius 2 is 2.27 bits per heavy atom. The lowest BCUT2D eigenvalue weighted by Crippen LogP contribution is -2.18. The van der Waals surface area contributed by atoms with Crippen molar-refractivity contribution in [2.45, 2.75) is 13.0 Å². The third kappa shape index (κ3) is 2.75. The molecular formula is C15H15FN4O2. The van der Waals surface area contributed by atoms with E-state index in [1.165, 1.54) is 22.9 Å². The van der Waals surface area contributed by atoms with Crippen molar-refractivity contribution in [1.29, 1.82) is 0 Å². The van der Waals surface area contributed by atoms with Gasteiger partial charge in [0, 0.05) is 25.8 Å². The molecule has 114 valence electrons. The maximum absolute atomic E-state index is 13.3. The number of H-pyrrole nitrogens is 1. The molecular weight excluding hydrogens is 287 g/mol. The summed E-state index contributed by atoms with van der Waals surface area (Å²) in [5.74, 6) is -0.342. The van der Waals surface area contributed by atoms with E-state index in [0.29, 0.717) is 42.1 Å². The molecule has 1 N–H and O–H groups in total. The lowest BCUT2D eigenvalue weighted by molar-refractivity contribution is 0.190. The van der Waals surface area contributed by atoms with Crippen molar-refractivity contribution in [3.63, 3.8) is 0 Å². The smallest absolute Gasteiger partial charge is 0.328 e. The van der Waals surface area contributed by atoms with E-state index < -0.39 is 0 Å². The second kappa shape index (κ2) is 6.07. The van der Waals surface area contributed by atoms with Crippen LogP contribution in [0.3, 0.4) is 0 Å². The van der Waals surface area contributed by atoms with Crippen molar-refractivity contribution in [2.24, 2.45) is 0 Å². The molecule has 1 aromatic carbocycles. The lowest BCUT2D eigenvalue weighted by atomic mass is 10.1. The number of aromatic nitrogens is 4. The number of aromatic amines is 1. The van der Waals surface area contributed by atoms with Crippen LogP contribution in [0.4, 0.5) is 4.39 Å². The highest BCUT2D eigenvalue weighted by molar-refractivity contribution is 5.70. The van der Waals surface area contributed by atoms with Gasteiger partial charge < -0.3 is 4.74 Å². The summed E-state index contributed by atoms with van der Waals surface area (Å²) in [5, 5.41) is 0. The van der Waals surface area contributed by atoms with Crippen molar-refractivity contribution in [1.82, 2.24) is 19.5 Å². The maximum Gasteiger partial charge on any atom is 0.328 e. The number of nitrogens with one attached hydrogen (secondary N) is 1. The summed E-state index contributed by atoms with van der Waals surface area (Å²) >= 11 is 0. The van der Waals surface area contributed by atoms with Gasteiger partial charge in [0.15, 0.2) is 11.3 Å². The normalized spacial score (nSPS) is 11.2. The molecule has 0 aliphatic heterocycles. The molecule has 0 saturated heterocycles. The van der Waals surface area contributed by atoms with Gasteiger partial charge in [-0.15, -0.1) is 0 Å². The van der Waals surface area contributed by atoms with Crippen molar-refractivity contribution in [3.8, 4) is 11.3 Å². The van der Waals surface area contributed by atoms with E-state index in [1.807, 2.05) is 0 Å². The molecule has 6 nitrogen and oxygen atoms in total. The Kier molecular flexibility index (Phi) is 3.97. The molecule has 3 aromatic rings. The fraction of sp³-hybridized carbons (Fsp3) is 0.267. The van der Waals surface area contributed by atoms with E-state index in [0.717, 1.165) is 0 Å². The summed E-state index contributed by atoms with van der Waals surface area (Å²) in [7, 11) is 1.61. The minimum absolute atomic E-state index is 0.262. The van der Waals surface area contributed by atoms with Gasteiger partial charge in [0.05, 0.1) is 11.9 Å². The quantitative estimate of drug-likeness (QED) is 0.731. The van der Waals surface area contributed by atoms with Crippen LogP contribution in [0.2, 0.25) is 0 Å².